The number of ether oxygens (including phenoxy) is 2. The van der Waals surface area contributed by atoms with Gasteiger partial charge < -0.3 is 60.7 Å². The summed E-state index contributed by atoms with van der Waals surface area (Å²) >= 11 is 0. The molecular weight excluding hydrogens is 715 g/mol. The third-order valence-electron chi connectivity index (χ3n) is 7.11. The molecule has 2 unspecified atom stereocenters. The minimum atomic E-state index is -5.52. The third kappa shape index (κ3) is 8.17. The number of nitrogens with zero attached hydrogens (tertiary/aromatic N) is 5. The second-order valence-electron chi connectivity index (χ2n) is 10.4. The van der Waals surface area contributed by atoms with Gasteiger partial charge in [0.05, 0.1) is 19.5 Å². The fourth-order valence-corrected chi connectivity index (χ4v) is 7.57. The van der Waals surface area contributed by atoms with Gasteiger partial charge in [-0.1, -0.05) is 6.08 Å². The number of fused-ring (bicyclic) bond motifs is 1. The topological polar surface area (TPSA) is 364 Å². The first-order chi connectivity index (χ1) is 22.4. The summed E-state index contributed by atoms with van der Waals surface area (Å²) < 4.78 is 67.2. The molecule has 3 aliphatic heterocycles. The Morgan fingerprint density at radius 1 is 0.938 bits per heavy atom. The molecule has 2 aromatic heterocycles. The van der Waals surface area contributed by atoms with Gasteiger partial charge in [0, 0.05) is 18.0 Å². The minimum Gasteiger partial charge on any atom is -0.387 e. The van der Waals surface area contributed by atoms with Crippen molar-refractivity contribution >= 4 is 46.4 Å². The summed E-state index contributed by atoms with van der Waals surface area (Å²) in [5, 5.41) is 31.5. The Bertz CT molecular complexity index is 1740. The van der Waals surface area contributed by atoms with E-state index in [-0.39, 0.29) is 29.0 Å². The highest BCUT2D eigenvalue weighted by Crippen LogP contribution is 2.61. The first kappa shape index (κ1) is 36.5. The molecule has 48 heavy (non-hydrogen) atoms. The zero-order valence-electron chi connectivity index (χ0n) is 24.1. The van der Waals surface area contributed by atoms with Gasteiger partial charge in [-0.25, -0.2) is 28.6 Å². The number of amides is 1. The van der Waals surface area contributed by atoms with Crippen LogP contribution in [0, 0.1) is 0 Å². The van der Waals surface area contributed by atoms with Gasteiger partial charge >= 0.3 is 23.5 Å². The summed E-state index contributed by atoms with van der Waals surface area (Å²) in [7, 11) is -16.3. The van der Waals surface area contributed by atoms with Crippen LogP contribution in [-0.4, -0.2) is 121 Å². The molecule has 27 heteroatoms. The van der Waals surface area contributed by atoms with Crippen molar-refractivity contribution in [3.63, 3.8) is 0 Å². The Kier molecular flexibility index (Phi) is 10.6. The second kappa shape index (κ2) is 13.9. The number of anilines is 1. The van der Waals surface area contributed by atoms with Crippen molar-refractivity contribution < 1.29 is 80.7 Å². The molecule has 0 radical (unpaired) electrons. The van der Waals surface area contributed by atoms with Gasteiger partial charge in [-0.2, -0.15) is 4.31 Å². The van der Waals surface area contributed by atoms with Crippen molar-refractivity contribution in [2.75, 3.05) is 18.9 Å². The monoisotopic (exact) mass is 745 g/mol. The van der Waals surface area contributed by atoms with E-state index in [4.69, 9.17) is 30.0 Å². The number of phosphoric ester groups is 3. The number of imidazole rings is 1. The number of phosphoric acid groups is 3. The molecular formula is C21H30N7O17P3. The number of primary amides is 1. The summed E-state index contributed by atoms with van der Waals surface area (Å²) in [6.45, 7) is -2.02. The van der Waals surface area contributed by atoms with Crippen LogP contribution in [0.1, 0.15) is 12.6 Å². The van der Waals surface area contributed by atoms with Crippen LogP contribution in [0.2, 0.25) is 0 Å². The first-order valence-corrected chi connectivity index (χ1v) is 18.0. The van der Waals surface area contributed by atoms with Crippen LogP contribution in [0.25, 0.3) is 11.2 Å². The van der Waals surface area contributed by atoms with Crippen LogP contribution in [0.15, 0.2) is 36.7 Å². The predicted molar refractivity (Wildman–Crippen MR) is 153 cm³/mol. The van der Waals surface area contributed by atoms with Gasteiger partial charge in [0.1, 0.15) is 48.5 Å². The van der Waals surface area contributed by atoms with E-state index in [2.05, 4.69) is 23.8 Å². The summed E-state index contributed by atoms with van der Waals surface area (Å²) in [6.07, 6.45) is -6.47. The highest BCUT2D eigenvalue weighted by atomic mass is 31.3. The van der Waals surface area contributed by atoms with Gasteiger partial charge in [-0.15, -0.1) is 0 Å². The molecule has 0 aliphatic carbocycles. The van der Waals surface area contributed by atoms with Gasteiger partial charge in [-0.3, -0.25) is 22.9 Å². The molecule has 3 aliphatic rings. The molecule has 5 rings (SSSR count). The maximum absolute atomic E-state index is 12.6. The van der Waals surface area contributed by atoms with Gasteiger partial charge in [0.25, 0.3) is 0 Å². The molecule has 0 aromatic carbocycles. The number of nitrogen functional groups attached to an aromatic ring is 1. The quantitative estimate of drug-likeness (QED) is 0.0951. The van der Waals surface area contributed by atoms with Crippen molar-refractivity contribution in [3.05, 3.63) is 36.7 Å². The van der Waals surface area contributed by atoms with Crippen molar-refractivity contribution in [1.29, 1.82) is 0 Å². The Morgan fingerprint density at radius 2 is 1.56 bits per heavy atom. The standard InChI is InChI=1S/C21H30N7O17P3/c22-17-12-19(25-7-24-17)28(8-26-12)21-16(44-46(33,34)35)14(30)11(43-21)6-41-48(38,39)45-47(36,37)40-5-10-13(29)15(31)20(42-10)27-3-1-2-9(4-27)18(23)32/h1,3-4,7-8,10-11,13-16,20-21,29-31H,2,5-6H2,(H2,23,32)(H,36,37)(H,38,39)(H2,22,24,25)(H2,33,34,35)/t10-,11-,13+,14-,15+,16+,20+,21-/m0/s1. The van der Waals surface area contributed by atoms with Gasteiger partial charge in [0.2, 0.25) is 5.91 Å². The molecule has 266 valence electrons. The van der Waals surface area contributed by atoms with Gasteiger partial charge in [0.15, 0.2) is 23.9 Å². The zero-order chi connectivity index (χ0) is 35.2. The lowest BCUT2D eigenvalue weighted by atomic mass is 10.1. The summed E-state index contributed by atoms with van der Waals surface area (Å²) in [5.74, 6) is -0.791. The summed E-state index contributed by atoms with van der Waals surface area (Å²) in [6, 6.07) is 0. The summed E-state index contributed by atoms with van der Waals surface area (Å²) in [4.78, 5) is 63.4. The molecule has 2 aromatic rings. The Labute approximate surface area is 268 Å². The fraction of sp³-hybridized carbons (Fsp3) is 0.524. The second-order valence-corrected chi connectivity index (χ2v) is 14.6. The molecule has 0 spiro atoms. The third-order valence-corrected chi connectivity index (χ3v) is 10.2. The minimum absolute atomic E-state index is 0.00424. The van der Waals surface area contributed by atoms with E-state index < -0.39 is 91.7 Å². The number of hydrogen-bond acceptors (Lipinski definition) is 18. The fourth-order valence-electron chi connectivity index (χ4n) is 4.93. The smallest absolute Gasteiger partial charge is 0.387 e. The number of aromatic nitrogens is 4. The van der Waals surface area contributed by atoms with E-state index >= 15 is 0 Å². The Balaban J connectivity index is 1.20. The van der Waals surface area contributed by atoms with Crippen LogP contribution in [0.4, 0.5) is 5.82 Å². The average molecular weight is 745 g/mol. The van der Waals surface area contributed by atoms with Crippen LogP contribution >= 0.6 is 23.5 Å². The van der Waals surface area contributed by atoms with E-state index in [1.54, 1.807) is 0 Å². The number of carbonyl (C=O) groups excluding carboxylic acids is 1. The number of nitrogens with two attached hydrogens (primary N) is 2. The van der Waals surface area contributed by atoms with Crippen LogP contribution in [0.5, 0.6) is 0 Å². The van der Waals surface area contributed by atoms with E-state index in [9.17, 15) is 53.4 Å². The highest BCUT2D eigenvalue weighted by Gasteiger charge is 2.51. The first-order valence-electron chi connectivity index (χ1n) is 13.5. The highest BCUT2D eigenvalue weighted by molar-refractivity contribution is 7.61. The van der Waals surface area contributed by atoms with Crippen molar-refractivity contribution in [3.8, 4) is 0 Å². The average Bonchev–Trinajstić information content (AvgIpc) is 3.64. The molecule has 11 N–H and O–H groups in total. The number of hydrogen-bond donors (Lipinski definition) is 9. The number of rotatable bonds is 13. The van der Waals surface area contributed by atoms with E-state index in [0.29, 0.717) is 0 Å². The number of allylic oxidation sites excluding steroid dienone is 1. The largest absolute Gasteiger partial charge is 0.481 e. The Morgan fingerprint density at radius 3 is 2.19 bits per heavy atom. The van der Waals surface area contributed by atoms with Crippen LogP contribution < -0.4 is 11.5 Å². The lowest BCUT2D eigenvalue weighted by molar-refractivity contribution is -0.115. The zero-order valence-corrected chi connectivity index (χ0v) is 26.8. The molecule has 5 heterocycles. The SMILES string of the molecule is NC(=O)C1=CN([C@@H]2O[C@@H](COP(=O)(O)OP(=O)(O)OC[C@@H]3O[C@H](n4cnc5c(N)ncnc54)[C@H](OP(=O)(O)O)[C@H]3O)[C@@H](O)[C@H]2O)C=CC1. The molecule has 24 nitrogen and oxygen atoms in total. The molecule has 0 saturated carbocycles. The molecule has 2 fully saturated rings. The van der Waals surface area contributed by atoms with Crippen LogP contribution in [0.3, 0.4) is 0 Å². The van der Waals surface area contributed by atoms with E-state index in [0.717, 1.165) is 17.2 Å². The number of aliphatic hydroxyl groups is 3. The normalized spacial score (nSPS) is 31.9. The van der Waals surface area contributed by atoms with Crippen molar-refractivity contribution in [1.82, 2.24) is 24.4 Å². The van der Waals surface area contributed by atoms with Gasteiger partial charge in [-0.05, 0) is 6.42 Å². The van der Waals surface area contributed by atoms with Crippen molar-refractivity contribution in [2.24, 2.45) is 5.73 Å². The molecule has 10 atom stereocenters. The lowest BCUT2D eigenvalue weighted by Gasteiger charge is -2.28. The van der Waals surface area contributed by atoms with E-state index in [1.165, 1.54) is 23.4 Å². The number of carbonyl (C=O) groups is 1. The Hall–Kier alpha value is -2.73. The number of aliphatic hydroxyl groups excluding tert-OH is 3. The molecule has 1 amide bonds. The lowest BCUT2D eigenvalue weighted by Crippen LogP contribution is -2.40. The van der Waals surface area contributed by atoms with Crippen LogP contribution in [-0.2, 0) is 45.8 Å². The van der Waals surface area contributed by atoms with E-state index in [1.807, 2.05) is 0 Å². The molecule has 2 saturated heterocycles. The predicted octanol–water partition coefficient (Wildman–Crippen LogP) is -2.57. The maximum atomic E-state index is 12.6. The maximum Gasteiger partial charge on any atom is 0.481 e. The van der Waals surface area contributed by atoms with Crippen molar-refractivity contribution in [2.45, 2.75) is 55.5 Å². The molecule has 0 bridgehead atoms. The summed E-state index contributed by atoms with van der Waals surface area (Å²) in [5.41, 5.74) is 11.3.